The number of benzene rings is 2. The van der Waals surface area contributed by atoms with Gasteiger partial charge in [-0.15, -0.1) is 0 Å². The first-order valence-corrected chi connectivity index (χ1v) is 10.3. The molecule has 29 heavy (non-hydrogen) atoms. The van der Waals surface area contributed by atoms with E-state index in [2.05, 4.69) is 53.2 Å². The van der Waals surface area contributed by atoms with Crippen LogP contribution in [0.25, 0.3) is 0 Å². The zero-order valence-corrected chi connectivity index (χ0v) is 16.9. The number of nitrogens with zero attached hydrogens (tertiary/aromatic N) is 3. The van der Waals surface area contributed by atoms with Crippen molar-refractivity contribution in [2.24, 2.45) is 0 Å². The van der Waals surface area contributed by atoms with Crippen LogP contribution in [-0.4, -0.2) is 34.9 Å². The Bertz CT molecular complexity index is 917. The summed E-state index contributed by atoms with van der Waals surface area (Å²) in [7, 11) is 0. The van der Waals surface area contributed by atoms with Gasteiger partial charge in [-0.05, 0) is 61.7 Å². The minimum atomic E-state index is 0.0852. The van der Waals surface area contributed by atoms with Crippen LogP contribution in [0.5, 0.6) is 0 Å². The summed E-state index contributed by atoms with van der Waals surface area (Å²) < 4.78 is 0. The molecule has 148 valence electrons. The number of aryl methyl sites for hydroxylation is 1. The van der Waals surface area contributed by atoms with Gasteiger partial charge in [0.2, 0.25) is 0 Å². The number of carbonyl (C=O) groups is 1. The summed E-state index contributed by atoms with van der Waals surface area (Å²) in [6.07, 6.45) is 5.63. The number of hydrogen-bond acceptors (Lipinski definition) is 3. The molecule has 0 saturated carbocycles. The first kappa shape index (κ1) is 19.3. The van der Waals surface area contributed by atoms with E-state index in [1.54, 1.807) is 0 Å². The van der Waals surface area contributed by atoms with Gasteiger partial charge in [0.1, 0.15) is 0 Å². The SMILES string of the molecule is Cc1ccc(N(C(=O)c2ccccc2)C2CCN(Cc3ccncc3)CC2)cc1. The average molecular weight is 386 g/mol. The Morgan fingerprint density at radius 3 is 2.28 bits per heavy atom. The first-order valence-electron chi connectivity index (χ1n) is 10.3. The van der Waals surface area contributed by atoms with Gasteiger partial charge < -0.3 is 4.90 Å². The van der Waals surface area contributed by atoms with Crippen LogP contribution >= 0.6 is 0 Å². The lowest BCUT2D eigenvalue weighted by molar-refractivity contribution is 0.0958. The van der Waals surface area contributed by atoms with Crippen molar-refractivity contribution in [3.05, 3.63) is 95.8 Å². The lowest BCUT2D eigenvalue weighted by Gasteiger charge is -2.38. The lowest BCUT2D eigenvalue weighted by atomic mass is 10.00. The number of likely N-dealkylation sites (tertiary alicyclic amines) is 1. The smallest absolute Gasteiger partial charge is 0.258 e. The minimum Gasteiger partial charge on any atom is -0.305 e. The van der Waals surface area contributed by atoms with Crippen molar-refractivity contribution < 1.29 is 4.79 Å². The summed E-state index contributed by atoms with van der Waals surface area (Å²) in [6, 6.07) is 22.3. The van der Waals surface area contributed by atoms with Crippen LogP contribution in [0.3, 0.4) is 0 Å². The third kappa shape index (κ3) is 4.72. The highest BCUT2D eigenvalue weighted by Gasteiger charge is 2.29. The van der Waals surface area contributed by atoms with Gasteiger partial charge in [0.15, 0.2) is 0 Å². The van der Waals surface area contributed by atoms with E-state index >= 15 is 0 Å². The largest absolute Gasteiger partial charge is 0.305 e. The molecule has 1 fully saturated rings. The van der Waals surface area contributed by atoms with Crippen molar-refractivity contribution in [1.29, 1.82) is 0 Å². The van der Waals surface area contributed by atoms with Crippen LogP contribution in [0.1, 0.15) is 34.3 Å². The standard InChI is InChI=1S/C25H27N3O/c1-20-7-9-23(10-8-20)28(25(29)22-5-3-2-4-6-22)24-13-17-27(18-14-24)19-21-11-15-26-16-12-21/h2-12,15-16,24H,13-14,17-19H2,1H3. The lowest BCUT2D eigenvalue weighted by Crippen LogP contribution is -2.47. The molecule has 4 rings (SSSR count). The van der Waals surface area contributed by atoms with Crippen LogP contribution in [0.2, 0.25) is 0 Å². The van der Waals surface area contributed by atoms with Crippen LogP contribution in [0.15, 0.2) is 79.1 Å². The fourth-order valence-electron chi connectivity index (χ4n) is 4.00. The van der Waals surface area contributed by atoms with Crippen molar-refractivity contribution in [3.63, 3.8) is 0 Å². The Morgan fingerprint density at radius 2 is 1.62 bits per heavy atom. The Balaban J connectivity index is 1.51. The number of rotatable bonds is 5. The fourth-order valence-corrected chi connectivity index (χ4v) is 4.00. The first-order chi connectivity index (χ1) is 14.2. The van der Waals surface area contributed by atoms with Crippen molar-refractivity contribution in [1.82, 2.24) is 9.88 Å². The summed E-state index contributed by atoms with van der Waals surface area (Å²) in [4.78, 5) is 22.0. The van der Waals surface area contributed by atoms with Crippen molar-refractivity contribution in [2.75, 3.05) is 18.0 Å². The minimum absolute atomic E-state index is 0.0852. The fraction of sp³-hybridized carbons (Fsp3) is 0.280. The molecule has 0 spiro atoms. The number of pyridine rings is 1. The van der Waals surface area contributed by atoms with E-state index < -0.39 is 0 Å². The number of amides is 1. The molecule has 1 aromatic heterocycles. The maximum absolute atomic E-state index is 13.4. The molecule has 1 saturated heterocycles. The second kappa shape index (κ2) is 9.01. The van der Waals surface area contributed by atoms with Gasteiger partial charge in [-0.3, -0.25) is 14.7 Å². The predicted molar refractivity (Wildman–Crippen MR) is 117 cm³/mol. The Labute approximate surface area is 172 Å². The maximum atomic E-state index is 13.4. The summed E-state index contributed by atoms with van der Waals surface area (Å²) >= 11 is 0. The van der Waals surface area contributed by atoms with Gasteiger partial charge in [-0.2, -0.15) is 0 Å². The van der Waals surface area contributed by atoms with Crippen LogP contribution < -0.4 is 4.90 Å². The van der Waals surface area contributed by atoms with E-state index in [9.17, 15) is 4.79 Å². The summed E-state index contributed by atoms with van der Waals surface area (Å²) in [5, 5.41) is 0. The molecule has 0 bridgehead atoms. The third-order valence-corrected chi connectivity index (χ3v) is 5.63. The molecule has 0 N–H and O–H groups in total. The van der Waals surface area contributed by atoms with Crippen LogP contribution in [0.4, 0.5) is 5.69 Å². The van der Waals surface area contributed by atoms with E-state index in [1.165, 1.54) is 11.1 Å². The molecule has 1 aliphatic heterocycles. The Hall–Kier alpha value is -2.98. The van der Waals surface area contributed by atoms with Gasteiger partial charge in [0.25, 0.3) is 5.91 Å². The Kier molecular flexibility index (Phi) is 6.01. The van der Waals surface area contributed by atoms with E-state index in [4.69, 9.17) is 0 Å². The number of hydrogen-bond donors (Lipinski definition) is 0. The zero-order valence-electron chi connectivity index (χ0n) is 16.9. The third-order valence-electron chi connectivity index (χ3n) is 5.63. The maximum Gasteiger partial charge on any atom is 0.258 e. The molecule has 3 aromatic rings. The van der Waals surface area contributed by atoms with Crippen LogP contribution in [-0.2, 0) is 6.54 Å². The van der Waals surface area contributed by atoms with Gasteiger partial charge in [0, 0.05) is 49.3 Å². The molecule has 4 nitrogen and oxygen atoms in total. The second-order valence-corrected chi connectivity index (χ2v) is 7.74. The number of piperidine rings is 1. The summed E-state index contributed by atoms with van der Waals surface area (Å²) in [5.41, 5.74) is 4.21. The zero-order chi connectivity index (χ0) is 20.1. The van der Waals surface area contributed by atoms with Gasteiger partial charge >= 0.3 is 0 Å². The molecule has 0 unspecified atom stereocenters. The van der Waals surface area contributed by atoms with Crippen molar-refractivity contribution in [3.8, 4) is 0 Å². The Morgan fingerprint density at radius 1 is 0.966 bits per heavy atom. The average Bonchev–Trinajstić information content (AvgIpc) is 2.78. The summed E-state index contributed by atoms with van der Waals surface area (Å²) in [5.74, 6) is 0.0852. The number of carbonyl (C=O) groups excluding carboxylic acids is 1. The van der Waals surface area contributed by atoms with Gasteiger partial charge in [-0.25, -0.2) is 0 Å². The molecule has 4 heteroatoms. The highest BCUT2D eigenvalue weighted by atomic mass is 16.2. The van der Waals surface area contributed by atoms with E-state index in [1.807, 2.05) is 47.6 Å². The second-order valence-electron chi connectivity index (χ2n) is 7.74. The molecule has 1 amide bonds. The quantitative estimate of drug-likeness (QED) is 0.639. The monoisotopic (exact) mass is 385 g/mol. The van der Waals surface area contributed by atoms with Crippen molar-refractivity contribution in [2.45, 2.75) is 32.4 Å². The molecule has 0 atom stereocenters. The number of aromatic nitrogens is 1. The van der Waals surface area contributed by atoms with Gasteiger partial charge in [0.05, 0.1) is 0 Å². The predicted octanol–water partition coefficient (Wildman–Crippen LogP) is 4.70. The highest BCUT2D eigenvalue weighted by molar-refractivity contribution is 6.06. The van der Waals surface area contributed by atoms with E-state index in [0.717, 1.165) is 43.7 Å². The molecule has 2 aromatic carbocycles. The molecule has 2 heterocycles. The van der Waals surface area contributed by atoms with Crippen LogP contribution in [0, 0.1) is 6.92 Å². The van der Waals surface area contributed by atoms with E-state index in [0.29, 0.717) is 0 Å². The summed E-state index contributed by atoms with van der Waals surface area (Å²) in [6.45, 7) is 4.98. The number of anilines is 1. The normalized spacial score (nSPS) is 15.2. The molecule has 0 aliphatic carbocycles. The van der Waals surface area contributed by atoms with Crippen molar-refractivity contribution >= 4 is 11.6 Å². The molecule has 1 aliphatic rings. The van der Waals surface area contributed by atoms with E-state index in [-0.39, 0.29) is 11.9 Å². The molecule has 0 radical (unpaired) electrons. The highest BCUT2D eigenvalue weighted by Crippen LogP contribution is 2.27. The van der Waals surface area contributed by atoms with Gasteiger partial charge in [-0.1, -0.05) is 35.9 Å². The topological polar surface area (TPSA) is 36.4 Å². The molecular formula is C25H27N3O. The molecular weight excluding hydrogens is 358 g/mol.